The van der Waals surface area contributed by atoms with Crippen LogP contribution in [0.3, 0.4) is 0 Å². The van der Waals surface area contributed by atoms with E-state index in [0.717, 1.165) is 27.8 Å². The molecule has 0 heterocycles. The lowest BCUT2D eigenvalue weighted by Crippen LogP contribution is -1.98. The summed E-state index contributed by atoms with van der Waals surface area (Å²) in [6.07, 6.45) is 0.0241. The lowest BCUT2D eigenvalue weighted by molar-refractivity contribution is 0.120. The molecule has 3 nitrogen and oxygen atoms in total. The second-order valence-electron chi connectivity index (χ2n) is 4.18. The van der Waals surface area contributed by atoms with Gasteiger partial charge in [0.05, 0.1) is 20.3 Å². The molecule has 1 unspecified atom stereocenters. The summed E-state index contributed by atoms with van der Waals surface area (Å²) in [6.45, 7) is 2.03. The molecule has 0 spiro atoms. The van der Waals surface area contributed by atoms with Crippen LogP contribution in [0.1, 0.15) is 18.6 Å². The van der Waals surface area contributed by atoms with E-state index in [-0.39, 0.29) is 6.10 Å². The zero-order valence-electron chi connectivity index (χ0n) is 11.2. The van der Waals surface area contributed by atoms with Crippen molar-refractivity contribution in [3.63, 3.8) is 0 Å². The Balaban J connectivity index is 2.67. The maximum absolute atomic E-state index is 5.41. The van der Waals surface area contributed by atoms with E-state index in [9.17, 15) is 0 Å². The zero-order valence-corrected chi connectivity index (χ0v) is 11.2. The van der Waals surface area contributed by atoms with Crippen LogP contribution in [0.25, 0.3) is 10.8 Å². The van der Waals surface area contributed by atoms with Crippen molar-refractivity contribution < 1.29 is 14.2 Å². The molecule has 2 aromatic carbocycles. The number of hydrogen-bond donors (Lipinski definition) is 0. The molecule has 0 bridgehead atoms. The summed E-state index contributed by atoms with van der Waals surface area (Å²) in [4.78, 5) is 0. The Morgan fingerprint density at radius 1 is 0.889 bits per heavy atom. The minimum Gasteiger partial charge on any atom is -0.497 e. The summed E-state index contributed by atoms with van der Waals surface area (Å²) in [5.41, 5.74) is 1.12. The number of ether oxygens (including phenoxy) is 3. The van der Waals surface area contributed by atoms with Gasteiger partial charge in [-0.25, -0.2) is 0 Å². The topological polar surface area (TPSA) is 27.7 Å². The second kappa shape index (κ2) is 5.27. The van der Waals surface area contributed by atoms with Crippen LogP contribution in [-0.4, -0.2) is 21.3 Å². The number of benzene rings is 2. The van der Waals surface area contributed by atoms with E-state index in [4.69, 9.17) is 14.2 Å². The highest BCUT2D eigenvalue weighted by Crippen LogP contribution is 2.32. The summed E-state index contributed by atoms with van der Waals surface area (Å²) >= 11 is 0. The Morgan fingerprint density at radius 3 is 2.17 bits per heavy atom. The predicted molar refractivity (Wildman–Crippen MR) is 72.5 cm³/mol. The minimum absolute atomic E-state index is 0.0241. The third-order valence-electron chi connectivity index (χ3n) is 3.19. The van der Waals surface area contributed by atoms with Gasteiger partial charge in [-0.2, -0.15) is 0 Å². The normalized spacial score (nSPS) is 12.4. The van der Waals surface area contributed by atoms with Gasteiger partial charge in [-0.05, 0) is 47.5 Å². The van der Waals surface area contributed by atoms with Crippen LogP contribution in [0.5, 0.6) is 11.5 Å². The average Bonchev–Trinajstić information content (AvgIpc) is 2.44. The lowest BCUT2D eigenvalue weighted by Gasteiger charge is -2.15. The van der Waals surface area contributed by atoms with Gasteiger partial charge in [-0.15, -0.1) is 0 Å². The first-order valence-corrected chi connectivity index (χ1v) is 5.88. The summed E-state index contributed by atoms with van der Waals surface area (Å²) in [7, 11) is 5.04. The molecule has 0 radical (unpaired) electrons. The summed E-state index contributed by atoms with van der Waals surface area (Å²) in [5, 5.41) is 2.25. The molecule has 2 aromatic rings. The van der Waals surface area contributed by atoms with Gasteiger partial charge in [0.25, 0.3) is 0 Å². The average molecular weight is 246 g/mol. The Bertz CT molecular complexity index is 543. The molecule has 0 saturated carbocycles. The minimum atomic E-state index is 0.0241. The molecule has 0 N–H and O–H groups in total. The first-order chi connectivity index (χ1) is 8.69. The summed E-state index contributed by atoms with van der Waals surface area (Å²) in [6, 6.07) is 10.0. The van der Waals surface area contributed by atoms with Crippen LogP contribution in [0.2, 0.25) is 0 Å². The Kier molecular flexibility index (Phi) is 3.72. The Morgan fingerprint density at radius 2 is 1.56 bits per heavy atom. The third kappa shape index (κ3) is 2.27. The molecule has 18 heavy (non-hydrogen) atoms. The molecule has 0 amide bonds. The maximum Gasteiger partial charge on any atom is 0.119 e. The van der Waals surface area contributed by atoms with Crippen LogP contribution in [0.4, 0.5) is 0 Å². The molecule has 0 aliphatic carbocycles. The standard InChI is InChI=1S/C15H18O3/c1-10(16-2)15-9-13(18-4)8-11-7-12(17-3)5-6-14(11)15/h5-10H,1-4H3. The van der Waals surface area contributed by atoms with Crippen molar-refractivity contribution >= 4 is 10.8 Å². The van der Waals surface area contributed by atoms with Gasteiger partial charge in [0.15, 0.2) is 0 Å². The van der Waals surface area contributed by atoms with Crippen LogP contribution in [0.15, 0.2) is 30.3 Å². The number of fused-ring (bicyclic) bond motifs is 1. The smallest absolute Gasteiger partial charge is 0.119 e. The highest BCUT2D eigenvalue weighted by atomic mass is 16.5. The Labute approximate surface area is 107 Å². The molecule has 0 aliphatic rings. The molecular formula is C15H18O3. The fourth-order valence-electron chi connectivity index (χ4n) is 2.06. The van der Waals surface area contributed by atoms with Crippen molar-refractivity contribution in [3.8, 4) is 11.5 Å². The summed E-state index contributed by atoms with van der Waals surface area (Å²) in [5.74, 6) is 1.67. The fraction of sp³-hybridized carbons (Fsp3) is 0.333. The number of rotatable bonds is 4. The van der Waals surface area contributed by atoms with E-state index >= 15 is 0 Å². The maximum atomic E-state index is 5.41. The van der Waals surface area contributed by atoms with Gasteiger partial charge >= 0.3 is 0 Å². The van der Waals surface area contributed by atoms with E-state index in [2.05, 4.69) is 6.07 Å². The van der Waals surface area contributed by atoms with Crippen molar-refractivity contribution in [2.24, 2.45) is 0 Å². The van der Waals surface area contributed by atoms with Crippen LogP contribution in [-0.2, 0) is 4.74 Å². The first-order valence-electron chi connectivity index (χ1n) is 5.88. The summed E-state index contributed by atoms with van der Waals surface area (Å²) < 4.78 is 16.0. The van der Waals surface area contributed by atoms with Crippen molar-refractivity contribution in [2.45, 2.75) is 13.0 Å². The van der Waals surface area contributed by atoms with Crippen LogP contribution < -0.4 is 9.47 Å². The second-order valence-corrected chi connectivity index (χ2v) is 4.18. The van der Waals surface area contributed by atoms with E-state index in [0.29, 0.717) is 0 Å². The van der Waals surface area contributed by atoms with E-state index in [1.807, 2.05) is 31.2 Å². The van der Waals surface area contributed by atoms with Crippen molar-refractivity contribution in [3.05, 3.63) is 35.9 Å². The lowest BCUT2D eigenvalue weighted by atomic mass is 10.00. The molecule has 0 saturated heterocycles. The van der Waals surface area contributed by atoms with Gasteiger partial charge in [0, 0.05) is 7.11 Å². The largest absolute Gasteiger partial charge is 0.497 e. The molecular weight excluding hydrogens is 228 g/mol. The number of methoxy groups -OCH3 is 3. The highest BCUT2D eigenvalue weighted by molar-refractivity contribution is 5.88. The van der Waals surface area contributed by atoms with E-state index < -0.39 is 0 Å². The SMILES string of the molecule is COc1ccc2c(C(C)OC)cc(OC)cc2c1. The molecule has 3 heteroatoms. The molecule has 0 fully saturated rings. The van der Waals surface area contributed by atoms with Gasteiger partial charge in [0.1, 0.15) is 11.5 Å². The molecule has 1 atom stereocenters. The van der Waals surface area contributed by atoms with Crippen molar-refractivity contribution in [2.75, 3.05) is 21.3 Å². The van der Waals surface area contributed by atoms with Gasteiger partial charge < -0.3 is 14.2 Å². The molecule has 96 valence electrons. The first kappa shape index (κ1) is 12.7. The fourth-order valence-corrected chi connectivity index (χ4v) is 2.06. The van der Waals surface area contributed by atoms with E-state index in [1.165, 1.54) is 0 Å². The molecule has 0 aromatic heterocycles. The quantitative estimate of drug-likeness (QED) is 0.825. The monoisotopic (exact) mass is 246 g/mol. The molecule has 2 rings (SSSR count). The number of hydrogen-bond acceptors (Lipinski definition) is 3. The van der Waals surface area contributed by atoms with Crippen molar-refractivity contribution in [1.82, 2.24) is 0 Å². The Hall–Kier alpha value is -1.74. The van der Waals surface area contributed by atoms with Gasteiger partial charge in [-0.1, -0.05) is 6.07 Å². The van der Waals surface area contributed by atoms with Crippen molar-refractivity contribution in [1.29, 1.82) is 0 Å². The van der Waals surface area contributed by atoms with E-state index in [1.54, 1.807) is 21.3 Å². The van der Waals surface area contributed by atoms with Gasteiger partial charge in [-0.3, -0.25) is 0 Å². The third-order valence-corrected chi connectivity index (χ3v) is 3.19. The molecule has 0 aliphatic heterocycles. The predicted octanol–water partition coefficient (Wildman–Crippen LogP) is 3.56. The highest BCUT2D eigenvalue weighted by Gasteiger charge is 2.11. The van der Waals surface area contributed by atoms with Gasteiger partial charge in [0.2, 0.25) is 0 Å². The zero-order chi connectivity index (χ0) is 13.1. The van der Waals surface area contributed by atoms with Crippen LogP contribution >= 0.6 is 0 Å². The van der Waals surface area contributed by atoms with Crippen LogP contribution in [0, 0.1) is 0 Å².